The van der Waals surface area contributed by atoms with Crippen molar-refractivity contribution >= 4 is 10.1 Å². The van der Waals surface area contributed by atoms with Gasteiger partial charge in [-0.15, -0.1) is 0 Å². The molecule has 146 valence electrons. The zero-order valence-electron chi connectivity index (χ0n) is 15.8. The summed E-state index contributed by atoms with van der Waals surface area (Å²) in [6.45, 7) is 1.86. The lowest BCUT2D eigenvalue weighted by atomic mass is 9.72. The van der Waals surface area contributed by atoms with Crippen LogP contribution in [0, 0.1) is 12.8 Å². The molecule has 1 fully saturated rings. The standard InChI is InChI=1S/C22H28O4S/c1-18-12-14-21(15-13-18)27(24,25)26-17-16-22(23,19-8-4-2-5-9-19)20-10-6-3-7-11-20/h2,4-5,8-9,12-15,20,23H,3,6-7,10-11,16-17H2,1H3. The third kappa shape index (κ3) is 4.78. The van der Waals surface area contributed by atoms with Crippen LogP contribution in [-0.4, -0.2) is 20.1 Å². The van der Waals surface area contributed by atoms with Gasteiger partial charge in [-0.1, -0.05) is 67.3 Å². The van der Waals surface area contributed by atoms with E-state index in [0.29, 0.717) is 0 Å². The van der Waals surface area contributed by atoms with Crippen LogP contribution in [0.4, 0.5) is 0 Å². The molecule has 2 aromatic rings. The molecular formula is C22H28O4S. The highest BCUT2D eigenvalue weighted by Crippen LogP contribution is 2.41. The van der Waals surface area contributed by atoms with E-state index in [9.17, 15) is 13.5 Å². The molecule has 0 spiro atoms. The van der Waals surface area contributed by atoms with E-state index in [4.69, 9.17) is 4.18 Å². The molecule has 1 saturated carbocycles. The van der Waals surface area contributed by atoms with Gasteiger partial charge in [0.15, 0.2) is 0 Å². The molecule has 0 saturated heterocycles. The highest BCUT2D eigenvalue weighted by atomic mass is 32.2. The summed E-state index contributed by atoms with van der Waals surface area (Å²) >= 11 is 0. The van der Waals surface area contributed by atoms with Gasteiger partial charge in [0.2, 0.25) is 0 Å². The number of hydrogen-bond acceptors (Lipinski definition) is 4. The van der Waals surface area contributed by atoms with Gasteiger partial charge in [0, 0.05) is 6.42 Å². The first-order valence-corrected chi connectivity index (χ1v) is 11.1. The zero-order valence-corrected chi connectivity index (χ0v) is 16.6. The Hall–Kier alpha value is -1.69. The van der Waals surface area contributed by atoms with Crippen molar-refractivity contribution in [1.82, 2.24) is 0 Å². The molecule has 27 heavy (non-hydrogen) atoms. The van der Waals surface area contributed by atoms with Gasteiger partial charge in [0.25, 0.3) is 10.1 Å². The number of aliphatic hydroxyl groups is 1. The minimum absolute atomic E-state index is 0.0435. The first kappa shape index (κ1) is 20.1. The second kappa shape index (κ2) is 8.55. The van der Waals surface area contributed by atoms with Crippen molar-refractivity contribution in [2.45, 2.75) is 55.9 Å². The highest BCUT2D eigenvalue weighted by Gasteiger charge is 2.39. The number of hydrogen-bond donors (Lipinski definition) is 1. The normalized spacial score (nSPS) is 18.1. The molecule has 1 atom stereocenters. The minimum Gasteiger partial charge on any atom is -0.385 e. The molecule has 0 radical (unpaired) electrons. The van der Waals surface area contributed by atoms with Crippen molar-refractivity contribution in [3.8, 4) is 0 Å². The molecule has 2 aromatic carbocycles. The van der Waals surface area contributed by atoms with Crippen LogP contribution in [0.5, 0.6) is 0 Å². The van der Waals surface area contributed by atoms with Gasteiger partial charge in [-0.2, -0.15) is 8.42 Å². The summed E-state index contributed by atoms with van der Waals surface area (Å²) in [5.41, 5.74) is 0.766. The fourth-order valence-corrected chi connectivity index (χ4v) is 4.88. The summed E-state index contributed by atoms with van der Waals surface area (Å²) in [4.78, 5) is 0.147. The average Bonchev–Trinajstić information content (AvgIpc) is 2.69. The van der Waals surface area contributed by atoms with E-state index >= 15 is 0 Å². The maximum atomic E-state index is 12.4. The first-order valence-electron chi connectivity index (χ1n) is 9.66. The van der Waals surface area contributed by atoms with Crippen molar-refractivity contribution in [2.24, 2.45) is 5.92 Å². The van der Waals surface area contributed by atoms with E-state index in [1.54, 1.807) is 24.3 Å². The molecule has 1 N–H and O–H groups in total. The third-order valence-corrected chi connectivity index (χ3v) is 6.91. The van der Waals surface area contributed by atoms with Crippen LogP contribution in [0.15, 0.2) is 59.5 Å². The Balaban J connectivity index is 1.74. The summed E-state index contributed by atoms with van der Waals surface area (Å²) in [5.74, 6) is 0.124. The van der Waals surface area contributed by atoms with Crippen molar-refractivity contribution in [3.05, 3.63) is 65.7 Å². The van der Waals surface area contributed by atoms with Crippen molar-refractivity contribution in [3.63, 3.8) is 0 Å². The Bertz CT molecular complexity index is 824. The van der Waals surface area contributed by atoms with Crippen LogP contribution in [-0.2, 0) is 19.9 Å². The van der Waals surface area contributed by atoms with E-state index in [-0.39, 0.29) is 23.8 Å². The molecule has 1 aliphatic carbocycles. The Labute approximate surface area is 162 Å². The van der Waals surface area contributed by atoms with Crippen LogP contribution < -0.4 is 0 Å². The van der Waals surface area contributed by atoms with Crippen molar-refractivity contribution < 1.29 is 17.7 Å². The van der Waals surface area contributed by atoms with Crippen LogP contribution in [0.2, 0.25) is 0 Å². The van der Waals surface area contributed by atoms with E-state index in [1.807, 2.05) is 37.3 Å². The molecule has 0 aliphatic heterocycles. The van der Waals surface area contributed by atoms with Crippen LogP contribution >= 0.6 is 0 Å². The van der Waals surface area contributed by atoms with Gasteiger partial charge in [0.05, 0.1) is 17.1 Å². The van der Waals surface area contributed by atoms with Crippen molar-refractivity contribution in [2.75, 3.05) is 6.61 Å². The lowest BCUT2D eigenvalue weighted by molar-refractivity contribution is -0.0535. The first-order chi connectivity index (χ1) is 12.9. The number of rotatable bonds is 7. The van der Waals surface area contributed by atoms with E-state index in [1.165, 1.54) is 6.42 Å². The Morgan fingerprint density at radius 3 is 2.26 bits per heavy atom. The topological polar surface area (TPSA) is 63.6 Å². The molecule has 1 unspecified atom stereocenters. The highest BCUT2D eigenvalue weighted by molar-refractivity contribution is 7.86. The van der Waals surface area contributed by atoms with Gasteiger partial charge in [-0.3, -0.25) is 4.18 Å². The second-order valence-electron chi connectivity index (χ2n) is 7.46. The predicted octanol–water partition coefficient (Wildman–Crippen LogP) is 4.56. The van der Waals surface area contributed by atoms with Crippen LogP contribution in [0.25, 0.3) is 0 Å². The monoisotopic (exact) mass is 388 g/mol. The number of aryl methyl sites for hydroxylation is 1. The molecular weight excluding hydrogens is 360 g/mol. The number of benzene rings is 2. The Kier molecular flexibility index (Phi) is 6.35. The zero-order chi connectivity index (χ0) is 19.3. The lowest BCUT2D eigenvalue weighted by Crippen LogP contribution is -2.38. The summed E-state index contributed by atoms with van der Waals surface area (Å²) in [6, 6.07) is 16.2. The lowest BCUT2D eigenvalue weighted by Gasteiger charge is -2.39. The largest absolute Gasteiger partial charge is 0.385 e. The van der Waals surface area contributed by atoms with Crippen LogP contribution in [0.3, 0.4) is 0 Å². The van der Waals surface area contributed by atoms with E-state index < -0.39 is 15.7 Å². The predicted molar refractivity (Wildman–Crippen MR) is 106 cm³/mol. The SMILES string of the molecule is Cc1ccc(S(=O)(=O)OCCC(O)(c2ccccc2)C2CCCCC2)cc1. The summed E-state index contributed by atoms with van der Waals surface area (Å²) in [6.07, 6.45) is 5.56. The average molecular weight is 389 g/mol. The molecule has 0 amide bonds. The molecule has 0 bridgehead atoms. The minimum atomic E-state index is -3.82. The molecule has 5 heteroatoms. The maximum Gasteiger partial charge on any atom is 0.296 e. The fraction of sp³-hybridized carbons (Fsp3) is 0.455. The second-order valence-corrected chi connectivity index (χ2v) is 9.08. The van der Waals surface area contributed by atoms with Gasteiger partial charge >= 0.3 is 0 Å². The quantitative estimate of drug-likeness (QED) is 0.706. The third-order valence-electron chi connectivity index (χ3n) is 5.59. The fourth-order valence-electron chi connectivity index (χ4n) is 3.97. The molecule has 0 aromatic heterocycles. The Morgan fingerprint density at radius 2 is 1.63 bits per heavy atom. The van der Waals surface area contributed by atoms with Gasteiger partial charge < -0.3 is 5.11 Å². The smallest absolute Gasteiger partial charge is 0.296 e. The van der Waals surface area contributed by atoms with Gasteiger partial charge in [-0.05, 0) is 43.4 Å². The summed E-state index contributed by atoms with van der Waals surface area (Å²) < 4.78 is 30.2. The molecule has 3 rings (SSSR count). The molecule has 4 nitrogen and oxygen atoms in total. The van der Waals surface area contributed by atoms with Gasteiger partial charge in [-0.25, -0.2) is 0 Å². The summed E-state index contributed by atoms with van der Waals surface area (Å²) in [5, 5.41) is 11.5. The summed E-state index contributed by atoms with van der Waals surface area (Å²) in [7, 11) is -3.82. The van der Waals surface area contributed by atoms with E-state index in [0.717, 1.165) is 36.8 Å². The van der Waals surface area contributed by atoms with Crippen LogP contribution in [0.1, 0.15) is 49.7 Å². The van der Waals surface area contributed by atoms with Gasteiger partial charge in [0.1, 0.15) is 0 Å². The Morgan fingerprint density at radius 1 is 1.00 bits per heavy atom. The molecule has 1 aliphatic rings. The van der Waals surface area contributed by atoms with E-state index in [2.05, 4.69) is 0 Å². The molecule has 0 heterocycles. The maximum absolute atomic E-state index is 12.4. The van der Waals surface area contributed by atoms with Crippen molar-refractivity contribution in [1.29, 1.82) is 0 Å².